The molecule has 60 heavy (non-hydrogen) atoms. The molecule has 4 amide bonds. The van der Waals surface area contributed by atoms with Crippen LogP contribution in [-0.2, 0) is 27.3 Å². The van der Waals surface area contributed by atoms with E-state index in [1.54, 1.807) is 19.2 Å². The number of hydrogen-bond acceptors (Lipinski definition) is 9. The average Bonchev–Trinajstić information content (AvgIpc) is 3.55. The van der Waals surface area contributed by atoms with Crippen molar-refractivity contribution < 1.29 is 32.7 Å². The summed E-state index contributed by atoms with van der Waals surface area (Å²) in [7, 11) is 1.56. The Hall–Kier alpha value is -5.75. The first kappa shape index (κ1) is 41.0. The molecular weight excluding hydrogens is 771 g/mol. The molecule has 0 unspecified atom stereocenters. The second-order valence-corrected chi connectivity index (χ2v) is 16.9. The van der Waals surface area contributed by atoms with Crippen molar-refractivity contribution in [3.63, 3.8) is 0 Å². The predicted octanol–water partition coefficient (Wildman–Crippen LogP) is 4.99. The Morgan fingerprint density at radius 2 is 1.58 bits per heavy atom. The monoisotopic (exact) mass is 822 g/mol. The Morgan fingerprint density at radius 1 is 0.850 bits per heavy atom. The minimum atomic E-state index is -0.742. The number of imide groups is 1. The van der Waals surface area contributed by atoms with Crippen molar-refractivity contribution in [2.75, 3.05) is 80.7 Å². The van der Waals surface area contributed by atoms with E-state index in [0.717, 1.165) is 51.3 Å². The van der Waals surface area contributed by atoms with Crippen LogP contribution in [0.4, 0.5) is 31.5 Å². The van der Waals surface area contributed by atoms with Gasteiger partial charge in [-0.2, -0.15) is 0 Å². The maximum atomic E-state index is 15.6. The Bertz CT molecular complexity index is 2220. The van der Waals surface area contributed by atoms with Crippen LogP contribution in [0.15, 0.2) is 48.5 Å². The van der Waals surface area contributed by atoms with Gasteiger partial charge in [-0.05, 0) is 86.6 Å². The number of methoxy groups -OCH3 is 1. The number of piperidine rings is 2. The van der Waals surface area contributed by atoms with Crippen LogP contribution in [-0.4, -0.2) is 122 Å². The van der Waals surface area contributed by atoms with E-state index < -0.39 is 17.8 Å². The zero-order valence-corrected chi connectivity index (χ0v) is 34.5. The van der Waals surface area contributed by atoms with Crippen molar-refractivity contribution in [2.24, 2.45) is 5.92 Å². The fourth-order valence-electron chi connectivity index (χ4n) is 9.68. The van der Waals surface area contributed by atoms with Gasteiger partial charge in [-0.25, -0.2) is 13.6 Å². The highest BCUT2D eigenvalue weighted by molar-refractivity contribution is 6.05. The number of ether oxygens (including phenoxy) is 1. The SMILES string of the molecule is [C-]#[N+]c1ccc(N2C[C@@H](C)N(C(=O)Cc3ccc(N4CCC(CN5CCN(c6cc7c(cc6F)C(=O)N([C@H]6CCC(=O)NC6=O)C7)CC5)CC4)c(F)c3)C[C@@H]2C)cc1OC. The van der Waals surface area contributed by atoms with Crippen molar-refractivity contribution in [1.29, 1.82) is 0 Å². The molecule has 5 aliphatic rings. The van der Waals surface area contributed by atoms with Crippen LogP contribution in [0.3, 0.4) is 0 Å². The second kappa shape index (κ2) is 17.1. The number of nitrogens with zero attached hydrogens (tertiary/aromatic N) is 7. The molecule has 5 aliphatic heterocycles. The summed E-state index contributed by atoms with van der Waals surface area (Å²) >= 11 is 0. The Labute approximate surface area is 349 Å². The quantitative estimate of drug-likeness (QED) is 0.236. The molecule has 3 aromatic rings. The normalized spacial score (nSPS) is 22.8. The first-order valence-corrected chi connectivity index (χ1v) is 21.0. The molecule has 0 aliphatic carbocycles. The Balaban J connectivity index is 0.794. The molecule has 316 valence electrons. The number of hydrogen-bond donors (Lipinski definition) is 1. The number of carbonyl (C=O) groups is 4. The molecule has 0 saturated carbocycles. The van der Waals surface area contributed by atoms with E-state index in [0.29, 0.717) is 66.0 Å². The van der Waals surface area contributed by atoms with E-state index in [4.69, 9.17) is 11.3 Å². The third-order valence-corrected chi connectivity index (χ3v) is 13.1. The van der Waals surface area contributed by atoms with E-state index in [2.05, 4.69) is 31.8 Å². The first-order valence-electron chi connectivity index (χ1n) is 21.0. The zero-order valence-electron chi connectivity index (χ0n) is 34.5. The lowest BCUT2D eigenvalue weighted by molar-refractivity contribution is -0.137. The van der Waals surface area contributed by atoms with Gasteiger partial charge in [-0.3, -0.25) is 29.4 Å². The summed E-state index contributed by atoms with van der Waals surface area (Å²) in [6.07, 6.45) is 2.40. The topological polar surface area (TPSA) is 113 Å². The van der Waals surface area contributed by atoms with E-state index in [-0.39, 0.29) is 67.0 Å². The summed E-state index contributed by atoms with van der Waals surface area (Å²) < 4.78 is 36.5. The van der Waals surface area contributed by atoms with Crippen molar-refractivity contribution in [1.82, 2.24) is 20.0 Å². The van der Waals surface area contributed by atoms with Gasteiger partial charge in [0.05, 0.1) is 31.5 Å². The number of benzene rings is 3. The number of fused-ring (bicyclic) bond motifs is 1. The molecule has 0 aromatic heterocycles. The Kier molecular flexibility index (Phi) is 11.7. The van der Waals surface area contributed by atoms with Gasteiger partial charge < -0.3 is 29.2 Å². The van der Waals surface area contributed by atoms with Crippen LogP contribution in [0, 0.1) is 24.1 Å². The van der Waals surface area contributed by atoms with Gasteiger partial charge >= 0.3 is 0 Å². The molecule has 0 bridgehead atoms. The number of halogens is 2. The molecule has 5 heterocycles. The first-order chi connectivity index (χ1) is 28.9. The molecule has 3 atom stereocenters. The van der Waals surface area contributed by atoms with Crippen molar-refractivity contribution in [3.05, 3.63) is 88.3 Å². The minimum Gasteiger partial charge on any atom is -0.508 e. The smallest absolute Gasteiger partial charge is 0.255 e. The number of carbonyl (C=O) groups excluding carboxylic acids is 4. The maximum Gasteiger partial charge on any atom is 0.255 e. The van der Waals surface area contributed by atoms with Crippen LogP contribution in [0.2, 0.25) is 0 Å². The lowest BCUT2D eigenvalue weighted by atomic mass is 9.95. The number of anilines is 3. The van der Waals surface area contributed by atoms with E-state index >= 15 is 8.78 Å². The van der Waals surface area contributed by atoms with Crippen LogP contribution in [0.25, 0.3) is 4.85 Å². The van der Waals surface area contributed by atoms with Crippen LogP contribution >= 0.6 is 0 Å². The number of piperazine rings is 2. The van der Waals surface area contributed by atoms with Gasteiger partial charge in [-0.1, -0.05) is 12.1 Å². The van der Waals surface area contributed by atoms with Gasteiger partial charge in [0.1, 0.15) is 23.4 Å². The van der Waals surface area contributed by atoms with E-state index in [9.17, 15) is 19.2 Å². The predicted molar refractivity (Wildman–Crippen MR) is 223 cm³/mol. The maximum absolute atomic E-state index is 15.6. The van der Waals surface area contributed by atoms with Crippen molar-refractivity contribution in [3.8, 4) is 5.75 Å². The molecule has 13 nitrogen and oxygen atoms in total. The third-order valence-electron chi connectivity index (χ3n) is 13.1. The van der Waals surface area contributed by atoms with E-state index in [1.165, 1.54) is 17.0 Å². The summed E-state index contributed by atoms with van der Waals surface area (Å²) in [6.45, 7) is 18.1. The second-order valence-electron chi connectivity index (χ2n) is 16.9. The third kappa shape index (κ3) is 8.22. The lowest BCUT2D eigenvalue weighted by Gasteiger charge is -2.45. The van der Waals surface area contributed by atoms with Crippen molar-refractivity contribution in [2.45, 2.75) is 70.6 Å². The summed E-state index contributed by atoms with van der Waals surface area (Å²) in [5, 5.41) is 2.30. The molecular formula is C45H52F2N8O5. The number of rotatable bonds is 9. The summed E-state index contributed by atoms with van der Waals surface area (Å²) in [5.74, 6) is -1.04. The fourth-order valence-corrected chi connectivity index (χ4v) is 9.68. The molecule has 8 rings (SSSR count). The van der Waals surface area contributed by atoms with E-state index in [1.807, 2.05) is 41.0 Å². The zero-order chi connectivity index (χ0) is 42.2. The molecule has 15 heteroatoms. The molecule has 0 spiro atoms. The largest absolute Gasteiger partial charge is 0.508 e. The molecule has 4 saturated heterocycles. The van der Waals surface area contributed by atoms with Crippen LogP contribution < -0.4 is 24.8 Å². The lowest BCUT2D eigenvalue weighted by Crippen LogP contribution is -2.58. The molecule has 0 radical (unpaired) electrons. The molecule has 3 aromatic carbocycles. The van der Waals surface area contributed by atoms with Gasteiger partial charge in [-0.15, -0.1) is 0 Å². The molecule has 1 N–H and O–H groups in total. The van der Waals surface area contributed by atoms with Gasteiger partial charge in [0, 0.05) is 95.2 Å². The van der Waals surface area contributed by atoms with Gasteiger partial charge in [0.25, 0.3) is 5.91 Å². The number of amides is 4. The highest BCUT2D eigenvalue weighted by atomic mass is 19.1. The van der Waals surface area contributed by atoms with Crippen LogP contribution in [0.5, 0.6) is 5.75 Å². The summed E-state index contributed by atoms with van der Waals surface area (Å²) in [5.41, 5.74) is 4.04. The van der Waals surface area contributed by atoms with Crippen LogP contribution in [0.1, 0.15) is 61.0 Å². The van der Waals surface area contributed by atoms with Gasteiger partial charge in [0.2, 0.25) is 23.4 Å². The average molecular weight is 823 g/mol. The van der Waals surface area contributed by atoms with Gasteiger partial charge in [0.15, 0.2) is 0 Å². The highest BCUT2D eigenvalue weighted by Gasteiger charge is 2.40. The minimum absolute atomic E-state index is 0.0315. The Morgan fingerprint density at radius 3 is 2.28 bits per heavy atom. The molecule has 4 fully saturated rings. The van der Waals surface area contributed by atoms with Crippen molar-refractivity contribution >= 4 is 46.4 Å². The summed E-state index contributed by atoms with van der Waals surface area (Å²) in [6, 6.07) is 13.0. The standard InChI is InChI=1S/C45H52F2N8O5/c1-28-25-54(29(2)24-53(28)33-6-7-37(48-3)41(22-33)60-4)43(57)20-31-5-8-38(35(46)19-31)51-13-11-30(12-14-51)26-50-15-17-52(18-16-50)40-21-32-27-55(45(59)34(32)23-36(40)47)39-9-10-42(56)49-44(39)58/h5-8,19,21-23,28-30,39H,9-18,20,24-27H2,1-2,4H3,(H,49,56,58)/t28-,29+,39-/m0/s1. The number of nitrogens with one attached hydrogen (secondary N) is 1. The highest BCUT2D eigenvalue weighted by Crippen LogP contribution is 2.36. The fraction of sp³-hybridized carbons (Fsp3) is 0.489. The summed E-state index contributed by atoms with van der Waals surface area (Å²) in [4.78, 5) is 66.3.